The van der Waals surface area contributed by atoms with Gasteiger partial charge in [0.15, 0.2) is 0 Å². The van der Waals surface area contributed by atoms with E-state index in [4.69, 9.17) is 0 Å². The van der Waals surface area contributed by atoms with E-state index < -0.39 is 20.9 Å². The van der Waals surface area contributed by atoms with E-state index in [1.807, 2.05) is 6.07 Å². The first-order valence-corrected chi connectivity index (χ1v) is 11.6. The molecule has 1 rings (SSSR count). The van der Waals surface area contributed by atoms with Gasteiger partial charge in [0.05, 0.1) is 0 Å². The Hall–Kier alpha value is 0.583. The van der Waals surface area contributed by atoms with Crippen molar-refractivity contribution in [2.45, 2.75) is 0 Å². The molecule has 0 heterocycles. The van der Waals surface area contributed by atoms with E-state index >= 15 is 0 Å². The first-order valence-electron chi connectivity index (χ1n) is 2.30. The van der Waals surface area contributed by atoms with E-state index in [0.29, 0.717) is 0 Å². The molecule has 1 aromatic carbocycles. The zero-order valence-corrected chi connectivity index (χ0v) is 9.27. The van der Waals surface area contributed by atoms with Crippen molar-refractivity contribution in [1.82, 2.24) is 0 Å². The molecule has 0 spiro atoms. The molecule has 2 heteroatoms. The third kappa shape index (κ3) is 1.83. The van der Waals surface area contributed by atoms with Gasteiger partial charge in [-0.3, -0.25) is 0 Å². The van der Waals surface area contributed by atoms with Crippen LogP contribution in [0.15, 0.2) is 30.3 Å². The second-order valence-electron chi connectivity index (χ2n) is 1.42. The standard InChI is InChI=1S/C6H5.Bi.BrH/c1-2-4-6-5-3-1;;/h1-5H;;1H/q;+1;/p-1. The molecule has 1 radical (unpaired) electrons. The quantitative estimate of drug-likeness (QED) is 0.659. The van der Waals surface area contributed by atoms with Crippen molar-refractivity contribution < 1.29 is 0 Å². The summed E-state index contributed by atoms with van der Waals surface area (Å²) in [6.45, 7) is 0. The molecule has 0 aliphatic heterocycles. The van der Waals surface area contributed by atoms with Gasteiger partial charge in [0.25, 0.3) is 0 Å². The monoisotopic (exact) mass is 365 g/mol. The summed E-state index contributed by atoms with van der Waals surface area (Å²) in [6.07, 6.45) is 0. The molecule has 8 heavy (non-hydrogen) atoms. The van der Waals surface area contributed by atoms with E-state index in [2.05, 4.69) is 36.5 Å². The fourth-order valence-electron chi connectivity index (χ4n) is 0.484. The predicted octanol–water partition coefficient (Wildman–Crippen LogP) is 1.33. The van der Waals surface area contributed by atoms with Crippen LogP contribution in [0.1, 0.15) is 0 Å². The Morgan fingerprint density at radius 2 is 1.75 bits per heavy atom. The molecule has 0 aliphatic carbocycles. The van der Waals surface area contributed by atoms with Gasteiger partial charge in [-0.25, -0.2) is 0 Å². The molecule has 0 N–H and O–H groups in total. The van der Waals surface area contributed by atoms with Gasteiger partial charge in [0.2, 0.25) is 0 Å². The van der Waals surface area contributed by atoms with Gasteiger partial charge in [0, 0.05) is 0 Å². The van der Waals surface area contributed by atoms with Crippen molar-refractivity contribution in [2.75, 3.05) is 0 Å². The van der Waals surface area contributed by atoms with Gasteiger partial charge in [-0.05, 0) is 0 Å². The molecule has 0 saturated heterocycles. The summed E-state index contributed by atoms with van der Waals surface area (Å²) in [5, 5.41) is 0. The summed E-state index contributed by atoms with van der Waals surface area (Å²) < 4.78 is 1.51. The van der Waals surface area contributed by atoms with Crippen LogP contribution >= 0.6 is 12.2 Å². The molecule has 41 valence electrons. The van der Waals surface area contributed by atoms with Crippen molar-refractivity contribution >= 4 is 36.4 Å². The molecule has 0 nitrogen and oxygen atoms in total. The van der Waals surface area contributed by atoms with Gasteiger partial charge in [-0.2, -0.15) is 0 Å². The van der Waals surface area contributed by atoms with E-state index in [0.717, 1.165) is 0 Å². The van der Waals surface area contributed by atoms with Crippen LogP contribution in [0, 0.1) is 0 Å². The van der Waals surface area contributed by atoms with Crippen LogP contribution in [0.25, 0.3) is 0 Å². The molecule has 0 aliphatic rings. The third-order valence-corrected chi connectivity index (χ3v) is 6.36. The van der Waals surface area contributed by atoms with Gasteiger partial charge in [0.1, 0.15) is 0 Å². The molecule has 0 unspecified atom stereocenters. The molecule has 0 amide bonds. The average molecular weight is 366 g/mol. The second-order valence-corrected chi connectivity index (χ2v) is 7.20. The van der Waals surface area contributed by atoms with Crippen molar-refractivity contribution in [3.8, 4) is 0 Å². The minimum absolute atomic E-state index is 0.411. The zero-order valence-electron chi connectivity index (χ0n) is 4.21. The number of halogens is 1. The van der Waals surface area contributed by atoms with E-state index in [1.54, 1.807) is 0 Å². The fourth-order valence-corrected chi connectivity index (χ4v) is 3.67. The Balaban J connectivity index is 2.83. The molecule has 0 bridgehead atoms. The Morgan fingerprint density at radius 3 is 2.12 bits per heavy atom. The van der Waals surface area contributed by atoms with Gasteiger partial charge >= 0.3 is 66.7 Å². The van der Waals surface area contributed by atoms with Gasteiger partial charge in [-0.1, -0.05) is 0 Å². The number of rotatable bonds is 1. The summed E-state index contributed by atoms with van der Waals surface area (Å²) in [4.78, 5) is 0. The van der Waals surface area contributed by atoms with Crippen LogP contribution in [-0.2, 0) is 0 Å². The maximum atomic E-state index is 3.54. The Kier molecular flexibility index (Phi) is 3.00. The van der Waals surface area contributed by atoms with Crippen LogP contribution in [0.5, 0.6) is 0 Å². The van der Waals surface area contributed by atoms with Crippen molar-refractivity contribution in [3.63, 3.8) is 0 Å². The molecule has 0 fully saturated rings. The average Bonchev–Trinajstić information content (AvgIpc) is 1.90. The first kappa shape index (κ1) is 6.70. The normalized spacial score (nSPS) is 9.12. The fraction of sp³-hybridized carbons (Fsp3) is 0. The van der Waals surface area contributed by atoms with E-state index in [1.165, 1.54) is 3.27 Å². The second kappa shape index (κ2) is 3.58. The van der Waals surface area contributed by atoms with Crippen LogP contribution < -0.4 is 3.27 Å². The van der Waals surface area contributed by atoms with Crippen molar-refractivity contribution in [2.24, 2.45) is 0 Å². The van der Waals surface area contributed by atoms with E-state index in [9.17, 15) is 0 Å². The SMILES string of the molecule is [Br][Bi][c]1ccccc1. The molecule has 0 saturated carbocycles. The first-order chi connectivity index (χ1) is 3.93. The Bertz CT molecular complexity index is 150. The summed E-state index contributed by atoms with van der Waals surface area (Å²) in [6, 6.07) is 10.6. The molecule has 0 aromatic heterocycles. The van der Waals surface area contributed by atoms with Crippen LogP contribution in [-0.4, -0.2) is 20.9 Å². The summed E-state index contributed by atoms with van der Waals surface area (Å²) in [5.41, 5.74) is 0. The van der Waals surface area contributed by atoms with Crippen LogP contribution in [0.4, 0.5) is 0 Å². The number of benzene rings is 1. The number of hydrogen-bond acceptors (Lipinski definition) is 0. The Morgan fingerprint density at radius 1 is 1.12 bits per heavy atom. The number of hydrogen-bond donors (Lipinski definition) is 0. The summed E-state index contributed by atoms with van der Waals surface area (Å²) in [5.74, 6) is 0. The molecular weight excluding hydrogens is 361 g/mol. The van der Waals surface area contributed by atoms with Gasteiger partial charge < -0.3 is 0 Å². The molecule has 0 atom stereocenters. The van der Waals surface area contributed by atoms with Gasteiger partial charge in [-0.15, -0.1) is 0 Å². The van der Waals surface area contributed by atoms with Crippen LogP contribution in [0.3, 0.4) is 0 Å². The zero-order chi connectivity index (χ0) is 5.82. The van der Waals surface area contributed by atoms with Crippen LogP contribution in [0.2, 0.25) is 0 Å². The third-order valence-electron chi connectivity index (χ3n) is 0.854. The molecule has 1 aromatic rings. The van der Waals surface area contributed by atoms with Crippen molar-refractivity contribution in [3.05, 3.63) is 30.3 Å². The predicted molar refractivity (Wildman–Crippen MR) is 40.8 cm³/mol. The topological polar surface area (TPSA) is 0 Å². The molecular formula is C6H5BiBr. The summed E-state index contributed by atoms with van der Waals surface area (Å²) in [7, 11) is 0. The maximum absolute atomic E-state index is 3.54. The van der Waals surface area contributed by atoms with E-state index in [-0.39, 0.29) is 0 Å². The minimum atomic E-state index is -0.411. The Labute approximate surface area is 66.3 Å². The van der Waals surface area contributed by atoms with Crippen molar-refractivity contribution in [1.29, 1.82) is 0 Å². The summed E-state index contributed by atoms with van der Waals surface area (Å²) >= 11 is 3.13.